The number of pyridine rings is 1. The van der Waals surface area contributed by atoms with Gasteiger partial charge in [0.15, 0.2) is 5.78 Å². The molecule has 3 rings (SSSR count). The van der Waals surface area contributed by atoms with Gasteiger partial charge in [0.05, 0.1) is 18.7 Å². The minimum atomic E-state index is -0.156. The number of rotatable bonds is 9. The van der Waals surface area contributed by atoms with Gasteiger partial charge in [0.25, 0.3) is 5.56 Å². The topological polar surface area (TPSA) is 108 Å². The van der Waals surface area contributed by atoms with Gasteiger partial charge in [0, 0.05) is 44.6 Å². The minimum Gasteiger partial charge on any atom is -0.378 e. The predicted molar refractivity (Wildman–Crippen MR) is 107 cm³/mol. The molecule has 1 fully saturated rings. The molecule has 0 radical (unpaired) electrons. The molecule has 9 heteroatoms. The molecule has 1 atom stereocenters. The van der Waals surface area contributed by atoms with Crippen molar-refractivity contribution in [2.24, 2.45) is 0 Å². The van der Waals surface area contributed by atoms with E-state index >= 15 is 0 Å². The molecular formula is C20H27N5O4. The van der Waals surface area contributed by atoms with Crippen molar-refractivity contribution in [3.8, 4) is 0 Å². The summed E-state index contributed by atoms with van der Waals surface area (Å²) in [7, 11) is 0. The fourth-order valence-corrected chi connectivity index (χ4v) is 3.28. The Morgan fingerprint density at radius 2 is 2.10 bits per heavy atom. The second-order valence-electron chi connectivity index (χ2n) is 7.32. The maximum Gasteiger partial charge on any atom is 0.252 e. The third-order valence-electron chi connectivity index (χ3n) is 4.90. The molecule has 2 aromatic rings. The zero-order valence-corrected chi connectivity index (χ0v) is 16.7. The third-order valence-corrected chi connectivity index (χ3v) is 4.90. The lowest BCUT2D eigenvalue weighted by atomic mass is 10.1. The molecule has 1 amide bonds. The smallest absolute Gasteiger partial charge is 0.252 e. The monoisotopic (exact) mass is 401 g/mol. The van der Waals surface area contributed by atoms with E-state index in [0.29, 0.717) is 37.5 Å². The first-order valence-electron chi connectivity index (χ1n) is 10.0. The molecule has 29 heavy (non-hydrogen) atoms. The van der Waals surface area contributed by atoms with Gasteiger partial charge in [0.2, 0.25) is 5.91 Å². The van der Waals surface area contributed by atoms with Crippen LogP contribution in [0.5, 0.6) is 0 Å². The van der Waals surface area contributed by atoms with Crippen LogP contribution in [0.1, 0.15) is 55.9 Å². The Morgan fingerprint density at radius 1 is 1.28 bits per heavy atom. The van der Waals surface area contributed by atoms with Crippen LogP contribution in [0.2, 0.25) is 0 Å². The van der Waals surface area contributed by atoms with E-state index in [1.54, 1.807) is 27.7 Å². The van der Waals surface area contributed by atoms with E-state index in [1.807, 2.05) is 0 Å². The quantitative estimate of drug-likeness (QED) is 0.509. The maximum atomic E-state index is 12.3. The van der Waals surface area contributed by atoms with Crippen molar-refractivity contribution >= 4 is 17.4 Å². The summed E-state index contributed by atoms with van der Waals surface area (Å²) in [6, 6.07) is 3.17. The molecule has 0 aliphatic carbocycles. The number of carbonyl (C=O) groups excluding carboxylic acids is 2. The van der Waals surface area contributed by atoms with Crippen molar-refractivity contribution < 1.29 is 14.3 Å². The highest BCUT2D eigenvalue weighted by Gasteiger charge is 2.17. The first-order valence-corrected chi connectivity index (χ1v) is 10.0. The number of carbonyl (C=O) groups is 2. The zero-order chi connectivity index (χ0) is 20.6. The van der Waals surface area contributed by atoms with Crippen LogP contribution >= 0.6 is 0 Å². The van der Waals surface area contributed by atoms with Gasteiger partial charge in [-0.15, -0.1) is 5.10 Å². The molecule has 0 aromatic carbocycles. The number of nitrogens with one attached hydrogen (secondary N) is 1. The Labute approximate surface area is 169 Å². The van der Waals surface area contributed by atoms with Crippen LogP contribution in [0.4, 0.5) is 5.69 Å². The highest BCUT2D eigenvalue weighted by Crippen LogP contribution is 2.16. The lowest BCUT2D eigenvalue weighted by Crippen LogP contribution is -2.26. The predicted octanol–water partition coefficient (Wildman–Crippen LogP) is 2.02. The molecule has 9 nitrogen and oxygen atoms in total. The molecular weight excluding hydrogens is 374 g/mol. The van der Waals surface area contributed by atoms with E-state index in [9.17, 15) is 14.4 Å². The van der Waals surface area contributed by atoms with Gasteiger partial charge >= 0.3 is 0 Å². The van der Waals surface area contributed by atoms with E-state index in [4.69, 9.17) is 4.74 Å². The molecule has 0 saturated carbocycles. The summed E-state index contributed by atoms with van der Waals surface area (Å²) >= 11 is 0. The van der Waals surface area contributed by atoms with E-state index in [-0.39, 0.29) is 23.4 Å². The summed E-state index contributed by atoms with van der Waals surface area (Å²) in [6.45, 7) is 3.36. The van der Waals surface area contributed by atoms with Gasteiger partial charge in [-0.05, 0) is 38.2 Å². The Morgan fingerprint density at radius 3 is 2.79 bits per heavy atom. The fourth-order valence-electron chi connectivity index (χ4n) is 3.28. The summed E-state index contributed by atoms with van der Waals surface area (Å²) in [5, 5.41) is 10.5. The highest BCUT2D eigenvalue weighted by molar-refractivity contribution is 5.91. The average Bonchev–Trinajstić information content (AvgIpc) is 3.17. The number of Topliss-reactive ketones (excluding diaryl/α,β-unsaturated/α-hetero) is 1. The van der Waals surface area contributed by atoms with Crippen molar-refractivity contribution in [3.63, 3.8) is 0 Å². The summed E-state index contributed by atoms with van der Waals surface area (Å²) < 4.78 is 8.82. The molecule has 1 N–H and O–H groups in total. The van der Waals surface area contributed by atoms with Crippen LogP contribution in [0.3, 0.4) is 0 Å². The van der Waals surface area contributed by atoms with Crippen molar-refractivity contribution in [1.82, 2.24) is 19.6 Å². The summed E-state index contributed by atoms with van der Waals surface area (Å²) in [5.74, 6) is -0.243. The van der Waals surface area contributed by atoms with Crippen molar-refractivity contribution in [3.05, 3.63) is 40.6 Å². The van der Waals surface area contributed by atoms with Gasteiger partial charge in [-0.3, -0.25) is 19.1 Å². The van der Waals surface area contributed by atoms with Crippen LogP contribution < -0.4 is 10.9 Å². The van der Waals surface area contributed by atoms with E-state index in [2.05, 4.69) is 15.6 Å². The van der Waals surface area contributed by atoms with E-state index in [0.717, 1.165) is 32.1 Å². The van der Waals surface area contributed by atoms with Crippen LogP contribution in [0.15, 0.2) is 29.3 Å². The summed E-state index contributed by atoms with van der Waals surface area (Å²) in [5.41, 5.74) is 0.705. The van der Waals surface area contributed by atoms with Gasteiger partial charge in [-0.2, -0.15) is 0 Å². The molecule has 2 aromatic heterocycles. The highest BCUT2D eigenvalue weighted by atomic mass is 16.5. The molecule has 0 spiro atoms. The largest absolute Gasteiger partial charge is 0.378 e. The second kappa shape index (κ2) is 10.1. The molecule has 1 aliphatic rings. The number of amides is 1. The van der Waals surface area contributed by atoms with Gasteiger partial charge < -0.3 is 14.6 Å². The first-order chi connectivity index (χ1) is 14.0. The molecule has 0 bridgehead atoms. The number of ether oxygens (including phenoxy) is 1. The lowest BCUT2D eigenvalue weighted by Gasteiger charge is -2.21. The first kappa shape index (κ1) is 20.9. The van der Waals surface area contributed by atoms with Crippen LogP contribution in [-0.2, 0) is 22.6 Å². The van der Waals surface area contributed by atoms with E-state index in [1.165, 1.54) is 13.0 Å². The Balaban J connectivity index is 1.43. The van der Waals surface area contributed by atoms with Crippen LogP contribution in [-0.4, -0.2) is 44.0 Å². The Hall–Kier alpha value is -2.81. The molecule has 3 heterocycles. The van der Waals surface area contributed by atoms with Crippen molar-refractivity contribution in [2.45, 2.75) is 64.6 Å². The lowest BCUT2D eigenvalue weighted by molar-refractivity contribution is -0.119. The normalized spacial score (nSPS) is 16.5. The third kappa shape index (κ3) is 6.35. The average molecular weight is 401 g/mol. The van der Waals surface area contributed by atoms with Gasteiger partial charge in [0.1, 0.15) is 5.69 Å². The Kier molecular flexibility index (Phi) is 7.29. The van der Waals surface area contributed by atoms with E-state index < -0.39 is 0 Å². The molecule has 1 unspecified atom stereocenters. The second-order valence-corrected chi connectivity index (χ2v) is 7.32. The number of nitrogens with zero attached hydrogens (tertiary/aromatic N) is 4. The van der Waals surface area contributed by atoms with Crippen LogP contribution in [0, 0.1) is 0 Å². The standard InChI is InChI=1S/C20H27N5O4/c1-15(26)18-14-25(23-22-18)9-4-3-8-24-10-7-16(12-20(24)28)21-19(27)13-17-6-2-5-11-29-17/h7,10,12,14,17H,2-6,8-9,11,13H2,1H3,(H,21,27). The van der Waals surface area contributed by atoms with Gasteiger partial charge in [-0.1, -0.05) is 5.21 Å². The van der Waals surface area contributed by atoms with Crippen molar-refractivity contribution in [2.75, 3.05) is 11.9 Å². The number of unbranched alkanes of at least 4 members (excludes halogenated alkanes) is 1. The number of hydrogen-bond donors (Lipinski definition) is 1. The molecule has 1 aliphatic heterocycles. The van der Waals surface area contributed by atoms with Crippen molar-refractivity contribution in [1.29, 1.82) is 0 Å². The molecule has 1 saturated heterocycles. The Bertz CT molecular complexity index is 898. The number of anilines is 1. The maximum absolute atomic E-state index is 12.3. The summed E-state index contributed by atoms with van der Waals surface area (Å²) in [4.78, 5) is 35.6. The fraction of sp³-hybridized carbons (Fsp3) is 0.550. The number of aryl methyl sites for hydroxylation is 2. The van der Waals surface area contributed by atoms with Crippen LogP contribution in [0.25, 0.3) is 0 Å². The summed E-state index contributed by atoms with van der Waals surface area (Å²) in [6.07, 6.45) is 8.23. The van der Waals surface area contributed by atoms with Gasteiger partial charge in [-0.25, -0.2) is 0 Å². The zero-order valence-electron chi connectivity index (χ0n) is 16.7. The minimum absolute atomic E-state index is 0.0272. The number of ketones is 1. The SMILES string of the molecule is CC(=O)c1cn(CCCCn2ccc(NC(=O)CC3CCCCO3)cc2=O)nn1. The molecule has 156 valence electrons. The number of aromatic nitrogens is 4. The number of hydrogen-bond acceptors (Lipinski definition) is 6.